The van der Waals surface area contributed by atoms with Gasteiger partial charge in [-0.3, -0.25) is 0 Å². The molecule has 1 aromatic carbocycles. The molecule has 0 bridgehead atoms. The third-order valence-corrected chi connectivity index (χ3v) is 3.30. The first-order chi connectivity index (χ1) is 9.15. The number of aryl methyl sites for hydroxylation is 2. The third-order valence-electron chi connectivity index (χ3n) is 3.07. The lowest BCUT2D eigenvalue weighted by Crippen LogP contribution is -1.90. The first kappa shape index (κ1) is 12.0. The number of nitrogens with zero attached hydrogens (tertiary/aromatic N) is 2. The van der Waals surface area contributed by atoms with Crippen LogP contribution in [0.2, 0.25) is 5.02 Å². The summed E-state index contributed by atoms with van der Waals surface area (Å²) in [6, 6.07) is 7.24. The molecule has 0 spiro atoms. The summed E-state index contributed by atoms with van der Waals surface area (Å²) in [4.78, 5) is 11.6. The molecule has 0 saturated carbocycles. The van der Waals surface area contributed by atoms with Gasteiger partial charge in [-0.05, 0) is 37.6 Å². The largest absolute Gasteiger partial charge is 0.438 e. The van der Waals surface area contributed by atoms with Crippen LogP contribution >= 0.6 is 11.6 Å². The van der Waals surface area contributed by atoms with Gasteiger partial charge >= 0.3 is 0 Å². The van der Waals surface area contributed by atoms with Gasteiger partial charge in [0.2, 0.25) is 5.88 Å². The van der Waals surface area contributed by atoms with Gasteiger partial charge in [-0.2, -0.15) is 0 Å². The minimum absolute atomic E-state index is 0.536. The Bertz CT molecular complexity index is 752. The minimum Gasteiger partial charge on any atom is -0.438 e. The Morgan fingerprint density at radius 3 is 2.84 bits per heavy atom. The molecule has 2 heterocycles. The Hall–Kier alpha value is -2.07. The smallest absolute Gasteiger partial charge is 0.232 e. The molecule has 0 unspecified atom stereocenters. The number of fused-ring (bicyclic) bond motifs is 1. The lowest BCUT2D eigenvalue weighted by Gasteiger charge is -2.06. The Labute approximate surface area is 115 Å². The topological polar surface area (TPSA) is 50.8 Å². The molecule has 3 aromatic rings. The molecular weight excluding hydrogens is 262 g/mol. The zero-order valence-corrected chi connectivity index (χ0v) is 11.3. The molecule has 96 valence electrons. The van der Waals surface area contributed by atoms with Crippen LogP contribution in [0.1, 0.15) is 11.3 Å². The maximum atomic E-state index is 5.95. The molecule has 2 aromatic heterocycles. The summed E-state index contributed by atoms with van der Waals surface area (Å²) in [5.74, 6) is 1.19. The zero-order chi connectivity index (χ0) is 13.4. The number of ether oxygens (including phenoxy) is 1. The molecule has 0 radical (unpaired) electrons. The van der Waals surface area contributed by atoms with E-state index >= 15 is 0 Å². The third kappa shape index (κ3) is 2.15. The van der Waals surface area contributed by atoms with Crippen LogP contribution in [-0.2, 0) is 0 Å². The minimum atomic E-state index is 0.536. The molecule has 4 nitrogen and oxygen atoms in total. The van der Waals surface area contributed by atoms with Gasteiger partial charge in [0.25, 0.3) is 0 Å². The second-order valence-corrected chi connectivity index (χ2v) is 4.77. The van der Waals surface area contributed by atoms with Crippen LogP contribution in [0.5, 0.6) is 11.6 Å². The second kappa shape index (κ2) is 4.55. The van der Waals surface area contributed by atoms with Crippen molar-refractivity contribution in [2.75, 3.05) is 0 Å². The summed E-state index contributed by atoms with van der Waals surface area (Å²) in [7, 11) is 0. The van der Waals surface area contributed by atoms with Crippen LogP contribution in [0, 0.1) is 13.8 Å². The van der Waals surface area contributed by atoms with Crippen LogP contribution in [0.25, 0.3) is 11.0 Å². The van der Waals surface area contributed by atoms with E-state index in [1.165, 1.54) is 6.33 Å². The molecule has 0 fully saturated rings. The zero-order valence-electron chi connectivity index (χ0n) is 10.6. The van der Waals surface area contributed by atoms with E-state index in [9.17, 15) is 0 Å². The van der Waals surface area contributed by atoms with Crippen molar-refractivity contribution in [2.24, 2.45) is 0 Å². The number of benzene rings is 1. The molecule has 0 aliphatic heterocycles. The molecule has 0 saturated heterocycles. The molecule has 0 atom stereocenters. The van der Waals surface area contributed by atoms with E-state index in [1.807, 2.05) is 26.0 Å². The molecule has 1 N–H and O–H groups in total. The van der Waals surface area contributed by atoms with Crippen molar-refractivity contribution in [3.05, 3.63) is 46.9 Å². The lowest BCUT2D eigenvalue weighted by atomic mass is 10.2. The molecule has 5 heteroatoms. The average Bonchev–Trinajstić information content (AvgIpc) is 2.66. The summed E-state index contributed by atoms with van der Waals surface area (Å²) < 4.78 is 5.81. The fourth-order valence-electron chi connectivity index (χ4n) is 1.98. The standard InChI is InChI=1S/C14H12ClN3O/c1-8-9(2)18-13-12(8)14(17-7-16-13)19-11-5-3-4-10(15)6-11/h3-7H,1-2H3,(H,16,17,18). The number of aromatic nitrogens is 3. The molecular formula is C14H12ClN3O. The van der Waals surface area contributed by atoms with E-state index in [2.05, 4.69) is 15.0 Å². The highest BCUT2D eigenvalue weighted by atomic mass is 35.5. The fraction of sp³-hybridized carbons (Fsp3) is 0.143. The van der Waals surface area contributed by atoms with Crippen LogP contribution < -0.4 is 4.74 Å². The highest BCUT2D eigenvalue weighted by molar-refractivity contribution is 6.30. The van der Waals surface area contributed by atoms with E-state index in [-0.39, 0.29) is 0 Å². The fourth-order valence-corrected chi connectivity index (χ4v) is 2.16. The second-order valence-electron chi connectivity index (χ2n) is 4.34. The highest BCUT2D eigenvalue weighted by Crippen LogP contribution is 2.31. The Kier molecular flexibility index (Phi) is 2.87. The summed E-state index contributed by atoms with van der Waals surface area (Å²) in [5.41, 5.74) is 2.93. The number of rotatable bonds is 2. The molecule has 0 amide bonds. The van der Waals surface area contributed by atoms with Crippen molar-refractivity contribution in [2.45, 2.75) is 13.8 Å². The number of halogens is 1. The normalized spacial score (nSPS) is 10.9. The van der Waals surface area contributed by atoms with Gasteiger partial charge in [-0.25, -0.2) is 9.97 Å². The maximum Gasteiger partial charge on any atom is 0.232 e. The number of aromatic amines is 1. The number of hydrogen-bond donors (Lipinski definition) is 1. The van der Waals surface area contributed by atoms with E-state index in [0.29, 0.717) is 16.7 Å². The Morgan fingerprint density at radius 2 is 2.05 bits per heavy atom. The molecule has 0 aliphatic rings. The number of nitrogens with one attached hydrogen (secondary N) is 1. The first-order valence-electron chi connectivity index (χ1n) is 5.88. The Balaban J connectivity index is 2.10. The van der Waals surface area contributed by atoms with Gasteiger partial charge in [0.1, 0.15) is 17.7 Å². The molecule has 0 aliphatic carbocycles. The summed E-state index contributed by atoms with van der Waals surface area (Å²) in [6.45, 7) is 4.02. The van der Waals surface area contributed by atoms with Crippen LogP contribution in [0.4, 0.5) is 0 Å². The van der Waals surface area contributed by atoms with Gasteiger partial charge < -0.3 is 9.72 Å². The molecule has 19 heavy (non-hydrogen) atoms. The highest BCUT2D eigenvalue weighted by Gasteiger charge is 2.13. The average molecular weight is 274 g/mol. The lowest BCUT2D eigenvalue weighted by molar-refractivity contribution is 0.468. The van der Waals surface area contributed by atoms with Crippen molar-refractivity contribution in [3.63, 3.8) is 0 Å². The van der Waals surface area contributed by atoms with Crippen LogP contribution in [0.3, 0.4) is 0 Å². The summed E-state index contributed by atoms with van der Waals surface area (Å²) in [5, 5.41) is 1.53. The van der Waals surface area contributed by atoms with E-state index < -0.39 is 0 Å². The van der Waals surface area contributed by atoms with E-state index in [1.54, 1.807) is 12.1 Å². The van der Waals surface area contributed by atoms with Crippen LogP contribution in [-0.4, -0.2) is 15.0 Å². The summed E-state index contributed by atoms with van der Waals surface area (Å²) >= 11 is 5.95. The van der Waals surface area contributed by atoms with Gasteiger partial charge in [0.05, 0.1) is 5.39 Å². The predicted molar refractivity (Wildman–Crippen MR) is 74.9 cm³/mol. The van der Waals surface area contributed by atoms with Crippen molar-refractivity contribution in [3.8, 4) is 11.6 Å². The quantitative estimate of drug-likeness (QED) is 0.767. The van der Waals surface area contributed by atoms with Crippen molar-refractivity contribution in [1.82, 2.24) is 15.0 Å². The Morgan fingerprint density at radius 1 is 1.21 bits per heavy atom. The SMILES string of the molecule is Cc1[nH]c2ncnc(Oc3cccc(Cl)c3)c2c1C. The summed E-state index contributed by atoms with van der Waals surface area (Å²) in [6.07, 6.45) is 1.48. The predicted octanol–water partition coefficient (Wildman–Crippen LogP) is 4.02. The monoisotopic (exact) mass is 273 g/mol. The van der Waals surface area contributed by atoms with Gasteiger partial charge in [0, 0.05) is 10.7 Å². The maximum absolute atomic E-state index is 5.95. The van der Waals surface area contributed by atoms with Crippen LogP contribution in [0.15, 0.2) is 30.6 Å². The first-order valence-corrected chi connectivity index (χ1v) is 6.26. The van der Waals surface area contributed by atoms with Crippen molar-refractivity contribution < 1.29 is 4.74 Å². The van der Waals surface area contributed by atoms with Gasteiger partial charge in [-0.1, -0.05) is 17.7 Å². The van der Waals surface area contributed by atoms with Crippen molar-refractivity contribution >= 4 is 22.6 Å². The van der Waals surface area contributed by atoms with E-state index in [4.69, 9.17) is 16.3 Å². The number of hydrogen-bond acceptors (Lipinski definition) is 3. The van der Waals surface area contributed by atoms with Crippen molar-refractivity contribution in [1.29, 1.82) is 0 Å². The van der Waals surface area contributed by atoms with Gasteiger partial charge in [-0.15, -0.1) is 0 Å². The van der Waals surface area contributed by atoms with Gasteiger partial charge in [0.15, 0.2) is 0 Å². The van der Waals surface area contributed by atoms with E-state index in [0.717, 1.165) is 22.3 Å². The number of H-pyrrole nitrogens is 1. The molecule has 3 rings (SSSR count).